The van der Waals surface area contributed by atoms with Gasteiger partial charge in [0.25, 0.3) is 6.43 Å². The normalized spacial score (nSPS) is 16.6. The first kappa shape index (κ1) is 48.5. The van der Waals surface area contributed by atoms with E-state index in [2.05, 4.69) is 54.2 Å². The van der Waals surface area contributed by atoms with Gasteiger partial charge >= 0.3 is 13.3 Å². The van der Waals surface area contributed by atoms with E-state index in [9.17, 15) is 31.7 Å². The number of amides is 1. The minimum absolute atomic E-state index is 0.120. The predicted molar refractivity (Wildman–Crippen MR) is 206 cm³/mol. The van der Waals surface area contributed by atoms with Crippen molar-refractivity contribution in [3.63, 3.8) is 0 Å². The number of alkyl halides is 4. The summed E-state index contributed by atoms with van der Waals surface area (Å²) in [5.41, 5.74) is 1.62. The van der Waals surface area contributed by atoms with E-state index in [1.165, 1.54) is 62.2 Å². The third-order valence-electron chi connectivity index (χ3n) is 9.24. The van der Waals surface area contributed by atoms with E-state index in [0.29, 0.717) is 30.9 Å². The van der Waals surface area contributed by atoms with Gasteiger partial charge in [0.1, 0.15) is 13.1 Å². The number of carbonyl (C=O) groups is 3. The Balaban J connectivity index is 0.000000393. The number of benzene rings is 3. The van der Waals surface area contributed by atoms with E-state index in [1.807, 2.05) is 20.6 Å². The van der Waals surface area contributed by atoms with Crippen LogP contribution < -0.4 is 5.73 Å². The van der Waals surface area contributed by atoms with Crippen molar-refractivity contribution in [1.82, 2.24) is 14.7 Å². The molecule has 10 nitrogen and oxygen atoms in total. The van der Waals surface area contributed by atoms with Gasteiger partial charge < -0.3 is 34.9 Å². The quantitative estimate of drug-likeness (QED) is 0.0993. The van der Waals surface area contributed by atoms with Crippen LogP contribution in [0.2, 0.25) is 0 Å². The second-order valence-electron chi connectivity index (χ2n) is 12.9. The van der Waals surface area contributed by atoms with Crippen molar-refractivity contribution in [2.24, 2.45) is 5.73 Å². The van der Waals surface area contributed by atoms with Crippen LogP contribution in [0.25, 0.3) is 10.8 Å². The Hall–Kier alpha value is -3.52. The van der Waals surface area contributed by atoms with Crippen LogP contribution in [0.5, 0.6) is 0 Å². The molecule has 3 aromatic carbocycles. The third-order valence-corrected chi connectivity index (χ3v) is 10.2. The topological polar surface area (TPSA) is 144 Å². The van der Waals surface area contributed by atoms with Crippen molar-refractivity contribution in [2.45, 2.75) is 76.4 Å². The highest BCUT2D eigenvalue weighted by molar-refractivity contribution is 7.52. The van der Waals surface area contributed by atoms with Crippen molar-refractivity contribution in [1.29, 1.82) is 0 Å². The number of nitrogens with zero attached hydrogens (tertiary/aromatic N) is 3. The van der Waals surface area contributed by atoms with Gasteiger partial charge in [-0.15, -0.1) is 0 Å². The largest absolute Gasteiger partial charge is 0.399 e. The van der Waals surface area contributed by atoms with Crippen molar-refractivity contribution in [3.8, 4) is 0 Å². The zero-order valence-electron chi connectivity index (χ0n) is 31.8. The molecule has 2 heterocycles. The summed E-state index contributed by atoms with van der Waals surface area (Å²) in [5.74, 6) is 0.0800. The smallest absolute Gasteiger partial charge is 0.366 e. The van der Waals surface area contributed by atoms with Crippen molar-refractivity contribution >= 4 is 37.4 Å². The monoisotopic (exact) mass is 784 g/mol. The Bertz CT molecular complexity index is 1580. The number of rotatable bonds is 12. The van der Waals surface area contributed by atoms with Crippen LogP contribution in [0, 0.1) is 0 Å². The van der Waals surface area contributed by atoms with Gasteiger partial charge in [0.05, 0.1) is 6.54 Å². The van der Waals surface area contributed by atoms with Gasteiger partial charge in [0.15, 0.2) is 0 Å². The maximum atomic E-state index is 13.6. The second-order valence-corrected chi connectivity index (χ2v) is 14.6. The van der Waals surface area contributed by atoms with E-state index in [-0.39, 0.29) is 17.5 Å². The summed E-state index contributed by atoms with van der Waals surface area (Å²) in [6.07, 6.45) is 4.73. The van der Waals surface area contributed by atoms with Gasteiger partial charge in [-0.25, -0.2) is 8.78 Å². The Labute approximate surface area is 316 Å². The van der Waals surface area contributed by atoms with Crippen LogP contribution >= 0.6 is 7.60 Å². The molecule has 0 aliphatic carbocycles. The maximum absolute atomic E-state index is 13.6. The zero-order valence-corrected chi connectivity index (χ0v) is 32.7. The molecule has 2 fully saturated rings. The molecule has 0 saturated carbocycles. The Morgan fingerprint density at radius 3 is 2.09 bits per heavy atom. The Kier molecular flexibility index (Phi) is 22.3. The van der Waals surface area contributed by atoms with Crippen LogP contribution in [-0.4, -0.2) is 109 Å². The Morgan fingerprint density at radius 2 is 1.57 bits per heavy atom. The highest BCUT2D eigenvalue weighted by atomic mass is 31.2. The van der Waals surface area contributed by atoms with Crippen LogP contribution in [0.3, 0.4) is 0 Å². The molecule has 2 saturated heterocycles. The van der Waals surface area contributed by atoms with E-state index in [0.717, 1.165) is 43.7 Å². The molecule has 0 radical (unpaired) electrons. The highest BCUT2D eigenvalue weighted by Gasteiger charge is 2.50. The number of hydrogen-bond donors (Lipinski definition) is 3. The molecule has 0 aromatic heterocycles. The molecule has 15 heteroatoms. The number of primary amides is 1. The summed E-state index contributed by atoms with van der Waals surface area (Å²) in [4.78, 5) is 53.1. The fourth-order valence-corrected chi connectivity index (χ4v) is 6.70. The third kappa shape index (κ3) is 16.1. The van der Waals surface area contributed by atoms with Crippen LogP contribution in [-0.2, 0) is 19.8 Å². The number of carbonyl (C=O) groups excluding carboxylic acids is 3. The summed E-state index contributed by atoms with van der Waals surface area (Å²) >= 11 is 0. The lowest BCUT2D eigenvalue weighted by atomic mass is 9.90. The molecule has 0 bridgehead atoms. The van der Waals surface area contributed by atoms with Gasteiger partial charge in [0.2, 0.25) is 5.91 Å². The molecule has 0 unspecified atom stereocenters. The summed E-state index contributed by atoms with van der Waals surface area (Å²) in [5, 5.41) is 0.784. The number of piperidine rings is 1. The SMILES string of the molecule is C=O.CC.CN1CCC(c2ccccc2)CC1.CN1CCC[C@@H]1CCN(CCC=O)CC(F)F.NC(=O)c1ccc2ccc(C(F)(F)P(=O)(O)O)cc2c1. The number of halogens is 4. The van der Waals surface area contributed by atoms with Crippen LogP contribution in [0.15, 0.2) is 66.7 Å². The molecule has 1 atom stereocenters. The lowest BCUT2D eigenvalue weighted by Gasteiger charge is -2.29. The minimum atomic E-state index is -5.62. The first-order valence-corrected chi connectivity index (χ1v) is 19.7. The first-order chi connectivity index (χ1) is 25.6. The van der Waals surface area contributed by atoms with Gasteiger partial charge in [-0.3, -0.25) is 14.3 Å². The minimum Gasteiger partial charge on any atom is -0.366 e. The predicted octanol–water partition coefficient (Wildman–Crippen LogP) is 7.13. The van der Waals surface area contributed by atoms with Gasteiger partial charge in [-0.2, -0.15) is 8.78 Å². The maximum Gasteiger partial charge on any atom is 0.399 e. The molecule has 5 rings (SSSR count). The number of hydrogen-bond acceptors (Lipinski definition) is 7. The van der Waals surface area contributed by atoms with Crippen molar-refractivity contribution < 1.29 is 46.3 Å². The molecule has 2 aliphatic heterocycles. The van der Waals surface area contributed by atoms with E-state index in [1.54, 1.807) is 4.90 Å². The summed E-state index contributed by atoms with van der Waals surface area (Å²) < 4.78 is 62.7. The van der Waals surface area contributed by atoms with E-state index < -0.39 is 31.2 Å². The number of likely N-dealkylation sites (tertiary alicyclic amines) is 2. The summed E-state index contributed by atoms with van der Waals surface area (Å²) in [6, 6.07) is 18.8. The molecule has 3 aromatic rings. The average molecular weight is 785 g/mol. The molecular formula is C39H57F4N4O6P. The molecule has 0 spiro atoms. The average Bonchev–Trinajstić information content (AvgIpc) is 3.58. The number of aldehydes is 1. The lowest BCUT2D eigenvalue weighted by molar-refractivity contribution is -0.108. The standard InChI is InChI=1S/C12H22F2N2O.C12H10F2NO4P.C12H17N.C2H6.CH2O/c1-15-6-2-4-11(15)5-8-16(7-3-9-17)10-12(13)14;13-12(14,20(17,18)19)10-4-3-7-1-2-8(11(15)16)5-9(7)6-10;1-13-9-7-12(8-10-13)11-5-3-2-4-6-11;2*1-2/h9,11-12H,2-8,10H2,1H3;1-6H,(H2,15,16)(H2,17,18,19);2-6,12H,7-10H2,1H3;1-2H3;1H2/t11-;;;;/m1..../s1. The lowest BCUT2D eigenvalue weighted by Crippen LogP contribution is -2.35. The summed E-state index contributed by atoms with van der Waals surface area (Å²) in [7, 11) is -1.33. The molecule has 54 heavy (non-hydrogen) atoms. The van der Waals surface area contributed by atoms with E-state index in [4.69, 9.17) is 20.3 Å². The summed E-state index contributed by atoms with van der Waals surface area (Å²) in [6.45, 7) is 10.5. The first-order valence-electron chi connectivity index (χ1n) is 18.1. The second kappa shape index (κ2) is 24.8. The highest BCUT2D eigenvalue weighted by Crippen LogP contribution is 2.59. The number of fused-ring (bicyclic) bond motifs is 1. The molecule has 2 aliphatic rings. The molecule has 4 N–H and O–H groups in total. The van der Waals surface area contributed by atoms with Gasteiger partial charge in [-0.05, 0) is 113 Å². The molecular weight excluding hydrogens is 727 g/mol. The zero-order chi connectivity index (χ0) is 40.9. The molecule has 1 amide bonds. The fraction of sp³-hybridized carbons (Fsp3) is 0.513. The Morgan fingerprint density at radius 1 is 0.963 bits per heavy atom. The van der Waals surface area contributed by atoms with Crippen LogP contribution in [0.4, 0.5) is 17.6 Å². The fourth-order valence-electron chi connectivity index (χ4n) is 6.22. The van der Waals surface area contributed by atoms with Gasteiger partial charge in [-0.1, -0.05) is 62.4 Å². The van der Waals surface area contributed by atoms with Crippen molar-refractivity contribution in [3.05, 3.63) is 83.4 Å². The molecule has 302 valence electrons. The number of nitrogens with two attached hydrogens (primary N) is 1. The van der Waals surface area contributed by atoms with Crippen LogP contribution in [0.1, 0.15) is 79.8 Å². The van der Waals surface area contributed by atoms with E-state index >= 15 is 0 Å². The van der Waals surface area contributed by atoms with Crippen molar-refractivity contribution in [2.75, 3.05) is 53.4 Å². The van der Waals surface area contributed by atoms with Gasteiger partial charge in [0, 0.05) is 30.1 Å².